The second-order valence-electron chi connectivity index (χ2n) is 13.8. The van der Waals surface area contributed by atoms with Crippen molar-refractivity contribution in [3.63, 3.8) is 0 Å². The summed E-state index contributed by atoms with van der Waals surface area (Å²) in [6.07, 6.45) is 0. The summed E-state index contributed by atoms with van der Waals surface area (Å²) in [6, 6.07) is 72.2. The lowest BCUT2D eigenvalue weighted by Gasteiger charge is -2.11. The van der Waals surface area contributed by atoms with Gasteiger partial charge in [-0.3, -0.25) is 0 Å². The van der Waals surface area contributed by atoms with Crippen molar-refractivity contribution in [1.29, 1.82) is 0 Å². The molecule has 2 aromatic heterocycles. The Morgan fingerprint density at radius 3 is 1.22 bits per heavy atom. The summed E-state index contributed by atoms with van der Waals surface area (Å²) < 4.78 is 6.30. The quantitative estimate of drug-likeness (QED) is 0.166. The zero-order valence-electron chi connectivity index (χ0n) is 29.9. The molecule has 0 fully saturated rings. The van der Waals surface area contributed by atoms with E-state index in [0.717, 1.165) is 72.3 Å². The highest BCUT2D eigenvalue weighted by Gasteiger charge is 2.14. The molecular formula is C52H34N2O. The van der Waals surface area contributed by atoms with Gasteiger partial charge in [0, 0.05) is 33.0 Å². The Morgan fingerprint density at radius 2 is 0.691 bits per heavy atom. The number of para-hydroxylation sites is 2. The molecule has 258 valence electrons. The van der Waals surface area contributed by atoms with Gasteiger partial charge in [0.25, 0.3) is 0 Å². The van der Waals surface area contributed by atoms with Gasteiger partial charge in [-0.05, 0) is 51.1 Å². The fraction of sp³-hybridized carbons (Fsp3) is 0. The van der Waals surface area contributed by atoms with E-state index in [2.05, 4.69) is 170 Å². The van der Waals surface area contributed by atoms with E-state index in [1.807, 2.05) is 36.4 Å². The van der Waals surface area contributed by atoms with Crippen LogP contribution >= 0.6 is 0 Å². The highest BCUT2D eigenvalue weighted by molar-refractivity contribution is 6.09. The lowest BCUT2D eigenvalue weighted by atomic mass is 9.97. The molecule has 10 rings (SSSR count). The molecule has 0 amide bonds. The summed E-state index contributed by atoms with van der Waals surface area (Å²) >= 11 is 0. The van der Waals surface area contributed by atoms with Crippen LogP contribution in [0.1, 0.15) is 0 Å². The van der Waals surface area contributed by atoms with E-state index in [-0.39, 0.29) is 0 Å². The van der Waals surface area contributed by atoms with Crippen molar-refractivity contribution in [3.8, 4) is 78.4 Å². The number of benzene rings is 8. The molecule has 0 bridgehead atoms. The Morgan fingerprint density at radius 1 is 0.291 bits per heavy atom. The van der Waals surface area contributed by atoms with E-state index in [1.54, 1.807) is 0 Å². The molecule has 0 radical (unpaired) electrons. The zero-order chi connectivity index (χ0) is 36.6. The third-order valence-electron chi connectivity index (χ3n) is 10.4. The van der Waals surface area contributed by atoms with Gasteiger partial charge in [0.15, 0.2) is 5.82 Å². The standard InChI is InChI=1S/C52H34N2O/c1-3-10-35(11-4-1)36-24-30-42(31-25-36)48-34-49(54-52(53-48)44-12-5-2-6-13-44)43-32-26-40(27-33-43)38-20-18-37(19-21-38)39-22-28-41(29-23-39)45-15-9-16-47-46-14-7-8-17-50(46)55-51(45)47/h1-34H. The maximum atomic E-state index is 6.30. The molecular weight excluding hydrogens is 669 g/mol. The van der Waals surface area contributed by atoms with Crippen molar-refractivity contribution >= 4 is 21.9 Å². The van der Waals surface area contributed by atoms with E-state index >= 15 is 0 Å². The molecule has 3 heteroatoms. The molecule has 0 aliphatic carbocycles. The SMILES string of the molecule is c1ccc(-c2ccc(-c3cc(-c4ccc(-c5ccc(-c6ccc(-c7cccc8c7oc7ccccc78)cc6)cc5)cc4)nc(-c4ccccc4)n3)cc2)cc1. The highest BCUT2D eigenvalue weighted by atomic mass is 16.3. The summed E-state index contributed by atoms with van der Waals surface area (Å²) in [5.41, 5.74) is 16.0. The monoisotopic (exact) mass is 702 g/mol. The van der Waals surface area contributed by atoms with Crippen LogP contribution in [0, 0.1) is 0 Å². The Labute approximate surface area is 319 Å². The first-order chi connectivity index (χ1) is 27.2. The Kier molecular flexibility index (Phi) is 8.16. The van der Waals surface area contributed by atoms with Crippen LogP contribution in [0.25, 0.3) is 100 Å². The van der Waals surface area contributed by atoms with Gasteiger partial charge < -0.3 is 4.42 Å². The van der Waals surface area contributed by atoms with Crippen molar-refractivity contribution in [1.82, 2.24) is 9.97 Å². The molecule has 55 heavy (non-hydrogen) atoms. The first-order valence-corrected chi connectivity index (χ1v) is 18.6. The van der Waals surface area contributed by atoms with Crippen LogP contribution in [-0.2, 0) is 0 Å². The zero-order valence-corrected chi connectivity index (χ0v) is 29.9. The first kappa shape index (κ1) is 32.3. The topological polar surface area (TPSA) is 38.9 Å². The Hall–Kier alpha value is -7.36. The van der Waals surface area contributed by atoms with Gasteiger partial charge in [-0.1, -0.05) is 194 Å². The molecule has 0 saturated carbocycles. The van der Waals surface area contributed by atoms with Crippen molar-refractivity contribution in [2.75, 3.05) is 0 Å². The summed E-state index contributed by atoms with van der Waals surface area (Å²) in [4.78, 5) is 10.1. The van der Waals surface area contributed by atoms with Crippen LogP contribution in [0.4, 0.5) is 0 Å². The molecule has 0 unspecified atom stereocenters. The number of nitrogens with zero attached hydrogens (tertiary/aromatic N) is 2. The minimum Gasteiger partial charge on any atom is -0.455 e. The molecule has 0 aliphatic rings. The number of hydrogen-bond donors (Lipinski definition) is 0. The summed E-state index contributed by atoms with van der Waals surface area (Å²) in [7, 11) is 0. The lowest BCUT2D eigenvalue weighted by molar-refractivity contribution is 0.670. The smallest absolute Gasteiger partial charge is 0.160 e. The maximum Gasteiger partial charge on any atom is 0.160 e. The van der Waals surface area contributed by atoms with Gasteiger partial charge in [0.05, 0.1) is 11.4 Å². The Bertz CT molecular complexity index is 2910. The fourth-order valence-electron chi connectivity index (χ4n) is 7.43. The minimum absolute atomic E-state index is 0.708. The molecule has 0 saturated heterocycles. The fourth-order valence-corrected chi connectivity index (χ4v) is 7.43. The van der Waals surface area contributed by atoms with Crippen LogP contribution in [-0.4, -0.2) is 9.97 Å². The molecule has 8 aromatic carbocycles. The number of fused-ring (bicyclic) bond motifs is 3. The van der Waals surface area contributed by atoms with Crippen molar-refractivity contribution in [2.45, 2.75) is 0 Å². The van der Waals surface area contributed by atoms with Crippen LogP contribution in [0.2, 0.25) is 0 Å². The van der Waals surface area contributed by atoms with Crippen LogP contribution in [0.3, 0.4) is 0 Å². The second kappa shape index (κ2) is 13.9. The number of furan rings is 1. The lowest BCUT2D eigenvalue weighted by Crippen LogP contribution is -1.96. The molecule has 3 nitrogen and oxygen atoms in total. The van der Waals surface area contributed by atoms with Gasteiger partial charge in [-0.25, -0.2) is 9.97 Å². The van der Waals surface area contributed by atoms with Gasteiger partial charge in [-0.2, -0.15) is 0 Å². The van der Waals surface area contributed by atoms with Crippen molar-refractivity contribution in [2.24, 2.45) is 0 Å². The van der Waals surface area contributed by atoms with Crippen molar-refractivity contribution in [3.05, 3.63) is 206 Å². The molecule has 0 atom stereocenters. The number of hydrogen-bond acceptors (Lipinski definition) is 3. The molecule has 0 aliphatic heterocycles. The molecule has 2 heterocycles. The van der Waals surface area contributed by atoms with E-state index in [1.165, 1.54) is 22.3 Å². The van der Waals surface area contributed by atoms with E-state index < -0.39 is 0 Å². The summed E-state index contributed by atoms with van der Waals surface area (Å²) in [5.74, 6) is 0.708. The van der Waals surface area contributed by atoms with Crippen molar-refractivity contribution < 1.29 is 4.42 Å². The Balaban J connectivity index is 0.910. The van der Waals surface area contributed by atoms with Crippen LogP contribution < -0.4 is 0 Å². The third kappa shape index (κ3) is 6.28. The van der Waals surface area contributed by atoms with Gasteiger partial charge in [0.1, 0.15) is 11.2 Å². The number of rotatable bonds is 7. The molecule has 10 aromatic rings. The van der Waals surface area contributed by atoms with E-state index in [0.29, 0.717) is 5.82 Å². The van der Waals surface area contributed by atoms with E-state index in [4.69, 9.17) is 14.4 Å². The predicted molar refractivity (Wildman–Crippen MR) is 227 cm³/mol. The third-order valence-corrected chi connectivity index (χ3v) is 10.4. The van der Waals surface area contributed by atoms with Gasteiger partial charge in [0.2, 0.25) is 0 Å². The average Bonchev–Trinajstić information content (AvgIpc) is 3.66. The second-order valence-corrected chi connectivity index (χ2v) is 13.8. The number of aromatic nitrogens is 2. The first-order valence-electron chi connectivity index (χ1n) is 18.6. The molecule has 0 spiro atoms. The summed E-state index contributed by atoms with van der Waals surface area (Å²) in [5, 5.41) is 2.29. The van der Waals surface area contributed by atoms with Crippen LogP contribution in [0.15, 0.2) is 211 Å². The molecule has 0 N–H and O–H groups in total. The average molecular weight is 703 g/mol. The maximum absolute atomic E-state index is 6.30. The van der Waals surface area contributed by atoms with Gasteiger partial charge >= 0.3 is 0 Å². The predicted octanol–water partition coefficient (Wildman–Crippen LogP) is 14.0. The summed E-state index contributed by atoms with van der Waals surface area (Å²) in [6.45, 7) is 0. The normalized spacial score (nSPS) is 11.3. The van der Waals surface area contributed by atoms with Crippen LogP contribution in [0.5, 0.6) is 0 Å². The van der Waals surface area contributed by atoms with E-state index in [9.17, 15) is 0 Å². The largest absolute Gasteiger partial charge is 0.455 e. The highest BCUT2D eigenvalue weighted by Crippen LogP contribution is 2.37. The van der Waals surface area contributed by atoms with Gasteiger partial charge in [-0.15, -0.1) is 0 Å². The minimum atomic E-state index is 0.708.